The van der Waals surface area contributed by atoms with E-state index in [9.17, 15) is 9.18 Å². The van der Waals surface area contributed by atoms with Gasteiger partial charge < -0.3 is 5.32 Å². The van der Waals surface area contributed by atoms with Crippen molar-refractivity contribution in [2.24, 2.45) is 5.92 Å². The summed E-state index contributed by atoms with van der Waals surface area (Å²) in [4.78, 5) is 12.5. The molecule has 1 amide bonds. The molecule has 108 valence electrons. The molecule has 3 heteroatoms. The minimum absolute atomic E-state index is 0.182. The van der Waals surface area contributed by atoms with Gasteiger partial charge in [0, 0.05) is 5.92 Å². The molecule has 0 aromatic heterocycles. The van der Waals surface area contributed by atoms with Crippen LogP contribution in [0, 0.1) is 11.7 Å². The van der Waals surface area contributed by atoms with Crippen molar-refractivity contribution in [3.8, 4) is 0 Å². The summed E-state index contributed by atoms with van der Waals surface area (Å²) in [7, 11) is 0. The summed E-state index contributed by atoms with van der Waals surface area (Å²) in [6, 6.07) is 6.61. The van der Waals surface area contributed by atoms with Gasteiger partial charge >= 0.3 is 0 Å². The lowest BCUT2D eigenvalue weighted by molar-refractivity contribution is -0.129. The smallest absolute Gasteiger partial charge is 0.223 e. The lowest BCUT2D eigenvalue weighted by Gasteiger charge is -2.44. The zero-order valence-electron chi connectivity index (χ0n) is 11.8. The molecule has 0 heterocycles. The molecular weight excluding hydrogens is 253 g/mol. The first-order valence-electron chi connectivity index (χ1n) is 7.78. The van der Waals surface area contributed by atoms with E-state index in [-0.39, 0.29) is 23.2 Å². The Balaban J connectivity index is 1.72. The topological polar surface area (TPSA) is 29.1 Å². The highest BCUT2D eigenvalue weighted by molar-refractivity contribution is 5.80. The van der Waals surface area contributed by atoms with Crippen LogP contribution in [0.5, 0.6) is 0 Å². The third-order valence-corrected chi connectivity index (χ3v) is 4.94. The number of carbonyl (C=O) groups is 1. The van der Waals surface area contributed by atoms with Crippen LogP contribution >= 0.6 is 0 Å². The van der Waals surface area contributed by atoms with Gasteiger partial charge in [-0.3, -0.25) is 4.79 Å². The zero-order valence-corrected chi connectivity index (χ0v) is 11.8. The quantitative estimate of drug-likeness (QED) is 0.890. The Bertz CT molecular complexity index is 472. The summed E-state index contributed by atoms with van der Waals surface area (Å²) in [5.41, 5.74) is 0.816. The molecule has 0 atom stereocenters. The van der Waals surface area contributed by atoms with E-state index in [1.807, 2.05) is 12.1 Å². The van der Waals surface area contributed by atoms with E-state index in [4.69, 9.17) is 0 Å². The molecule has 2 saturated carbocycles. The van der Waals surface area contributed by atoms with Crippen molar-refractivity contribution in [3.05, 3.63) is 35.6 Å². The van der Waals surface area contributed by atoms with Crippen LogP contribution in [-0.4, -0.2) is 5.91 Å². The first-order valence-corrected chi connectivity index (χ1v) is 7.78. The number of benzene rings is 1. The molecule has 0 aliphatic heterocycles. The third-order valence-electron chi connectivity index (χ3n) is 4.94. The largest absolute Gasteiger partial charge is 0.346 e. The van der Waals surface area contributed by atoms with Crippen LogP contribution in [0.3, 0.4) is 0 Å². The van der Waals surface area contributed by atoms with Gasteiger partial charge in [0.25, 0.3) is 0 Å². The standard InChI is InChI=1S/C17H22FNO/c18-15-9-7-14(8-10-15)17(11-4-12-17)19-16(20)13-5-2-1-3-6-13/h7-10,13H,1-6,11-12H2,(H,19,20). The van der Waals surface area contributed by atoms with Crippen LogP contribution in [0.2, 0.25) is 0 Å². The van der Waals surface area contributed by atoms with Crippen molar-refractivity contribution in [2.75, 3.05) is 0 Å². The van der Waals surface area contributed by atoms with Gasteiger partial charge in [0.15, 0.2) is 0 Å². The number of amides is 1. The van der Waals surface area contributed by atoms with Gasteiger partial charge in [-0.2, -0.15) is 0 Å². The van der Waals surface area contributed by atoms with Crippen molar-refractivity contribution in [1.29, 1.82) is 0 Å². The highest BCUT2D eigenvalue weighted by Gasteiger charge is 2.41. The Morgan fingerprint density at radius 2 is 1.70 bits per heavy atom. The Hall–Kier alpha value is -1.38. The average Bonchev–Trinajstić information content (AvgIpc) is 2.45. The van der Waals surface area contributed by atoms with Gasteiger partial charge in [-0.25, -0.2) is 4.39 Å². The second-order valence-electron chi connectivity index (χ2n) is 6.27. The highest BCUT2D eigenvalue weighted by Crippen LogP contribution is 2.42. The Morgan fingerprint density at radius 1 is 1.05 bits per heavy atom. The minimum atomic E-state index is -0.234. The van der Waals surface area contributed by atoms with Crippen molar-refractivity contribution in [1.82, 2.24) is 5.32 Å². The van der Waals surface area contributed by atoms with E-state index < -0.39 is 0 Å². The molecule has 0 spiro atoms. The van der Waals surface area contributed by atoms with Gasteiger partial charge in [-0.15, -0.1) is 0 Å². The molecule has 0 unspecified atom stereocenters. The summed E-state index contributed by atoms with van der Waals surface area (Å²) < 4.78 is 13.1. The summed E-state index contributed by atoms with van der Waals surface area (Å²) in [6.07, 6.45) is 8.70. The van der Waals surface area contributed by atoms with E-state index in [0.717, 1.165) is 37.7 Å². The Morgan fingerprint density at radius 3 is 2.25 bits per heavy atom. The van der Waals surface area contributed by atoms with Crippen molar-refractivity contribution >= 4 is 5.91 Å². The maximum absolute atomic E-state index is 13.1. The maximum Gasteiger partial charge on any atom is 0.223 e. The van der Waals surface area contributed by atoms with E-state index in [1.165, 1.54) is 31.4 Å². The molecule has 1 aromatic rings. The van der Waals surface area contributed by atoms with Crippen molar-refractivity contribution in [3.63, 3.8) is 0 Å². The zero-order chi connectivity index (χ0) is 14.0. The summed E-state index contributed by atoms with van der Waals surface area (Å²) in [5.74, 6) is 0.164. The predicted molar refractivity (Wildman–Crippen MR) is 76.6 cm³/mol. The molecule has 0 bridgehead atoms. The second kappa shape index (κ2) is 5.55. The molecule has 2 aliphatic carbocycles. The van der Waals surface area contributed by atoms with Crippen LogP contribution in [0.15, 0.2) is 24.3 Å². The molecule has 2 fully saturated rings. The molecule has 20 heavy (non-hydrogen) atoms. The van der Waals surface area contributed by atoms with Gasteiger partial charge in [-0.05, 0) is 49.8 Å². The average molecular weight is 275 g/mol. The summed E-state index contributed by atoms with van der Waals surface area (Å²) in [6.45, 7) is 0. The SMILES string of the molecule is O=C(NC1(c2ccc(F)cc2)CCC1)C1CCCCC1. The summed E-state index contributed by atoms with van der Waals surface area (Å²) >= 11 is 0. The Labute approximate surface area is 119 Å². The monoisotopic (exact) mass is 275 g/mol. The predicted octanol–water partition coefficient (Wildman–Crippen LogP) is 3.90. The minimum Gasteiger partial charge on any atom is -0.346 e. The van der Waals surface area contributed by atoms with E-state index in [1.54, 1.807) is 0 Å². The lowest BCUT2D eigenvalue weighted by atomic mass is 9.71. The maximum atomic E-state index is 13.1. The molecule has 2 nitrogen and oxygen atoms in total. The molecule has 2 aliphatic rings. The number of halogens is 1. The second-order valence-corrected chi connectivity index (χ2v) is 6.27. The molecule has 0 radical (unpaired) electrons. The van der Waals surface area contributed by atoms with Crippen LogP contribution in [0.1, 0.15) is 56.9 Å². The van der Waals surface area contributed by atoms with E-state index in [2.05, 4.69) is 5.32 Å². The van der Waals surface area contributed by atoms with Crippen LogP contribution < -0.4 is 5.32 Å². The fraction of sp³-hybridized carbons (Fsp3) is 0.588. The van der Waals surface area contributed by atoms with Gasteiger partial charge in [-0.1, -0.05) is 31.4 Å². The molecule has 0 saturated heterocycles. The number of rotatable bonds is 3. The first kappa shape index (κ1) is 13.6. The van der Waals surface area contributed by atoms with Crippen molar-refractivity contribution in [2.45, 2.75) is 56.9 Å². The number of nitrogens with one attached hydrogen (secondary N) is 1. The fourth-order valence-corrected chi connectivity index (χ4v) is 3.49. The van der Waals surface area contributed by atoms with E-state index in [0.29, 0.717) is 0 Å². The van der Waals surface area contributed by atoms with E-state index >= 15 is 0 Å². The molecular formula is C17H22FNO. The number of hydrogen-bond donors (Lipinski definition) is 1. The molecule has 1 N–H and O–H groups in total. The number of hydrogen-bond acceptors (Lipinski definition) is 1. The van der Waals surface area contributed by atoms with Gasteiger partial charge in [0.2, 0.25) is 5.91 Å². The number of carbonyl (C=O) groups excluding carboxylic acids is 1. The van der Waals surface area contributed by atoms with Crippen molar-refractivity contribution < 1.29 is 9.18 Å². The van der Waals surface area contributed by atoms with Crippen LogP contribution in [0.4, 0.5) is 4.39 Å². The van der Waals surface area contributed by atoms with Crippen LogP contribution in [0.25, 0.3) is 0 Å². The normalized spacial score (nSPS) is 22.1. The van der Waals surface area contributed by atoms with Crippen LogP contribution in [-0.2, 0) is 10.3 Å². The van der Waals surface area contributed by atoms with Gasteiger partial charge in [0.1, 0.15) is 5.82 Å². The lowest BCUT2D eigenvalue weighted by Crippen LogP contribution is -2.52. The highest BCUT2D eigenvalue weighted by atomic mass is 19.1. The molecule has 3 rings (SSSR count). The summed E-state index contributed by atoms with van der Waals surface area (Å²) in [5, 5.41) is 3.27. The fourth-order valence-electron chi connectivity index (χ4n) is 3.49. The Kier molecular flexibility index (Phi) is 3.77. The molecule has 1 aromatic carbocycles. The third kappa shape index (κ3) is 2.58. The first-order chi connectivity index (χ1) is 9.70. The van der Waals surface area contributed by atoms with Gasteiger partial charge in [0.05, 0.1) is 5.54 Å².